The number of hydrogen-bond donors (Lipinski definition) is 0. The van der Waals surface area contributed by atoms with Gasteiger partial charge in [0.05, 0.1) is 0 Å². The van der Waals surface area contributed by atoms with E-state index in [4.69, 9.17) is 0 Å². The number of nitrogens with zero attached hydrogens (tertiary/aromatic N) is 3. The molecule has 4 nitrogen and oxygen atoms in total. The molecular formula is C23H22F3N3OS2. The maximum Gasteiger partial charge on any atom is 0.446 e. The van der Waals surface area contributed by atoms with Gasteiger partial charge in [0.25, 0.3) is 0 Å². The molecule has 1 aromatic heterocycles. The number of alkyl halides is 3. The number of amides is 2. The number of thiazole rings is 1. The summed E-state index contributed by atoms with van der Waals surface area (Å²) < 4.78 is 37.8. The summed E-state index contributed by atoms with van der Waals surface area (Å²) in [5.74, 6) is 0. The fourth-order valence-electron chi connectivity index (χ4n) is 3.72. The van der Waals surface area contributed by atoms with Crippen molar-refractivity contribution in [1.82, 2.24) is 9.88 Å². The van der Waals surface area contributed by atoms with Gasteiger partial charge >= 0.3 is 11.5 Å². The maximum absolute atomic E-state index is 13.4. The van der Waals surface area contributed by atoms with Crippen molar-refractivity contribution >= 4 is 34.8 Å². The summed E-state index contributed by atoms with van der Waals surface area (Å²) in [4.78, 5) is 21.4. The summed E-state index contributed by atoms with van der Waals surface area (Å²) in [5, 5.41) is 2.85. The van der Waals surface area contributed by atoms with Crippen LogP contribution in [0.5, 0.6) is 0 Å². The molecule has 1 aliphatic rings. The highest BCUT2D eigenvalue weighted by Crippen LogP contribution is 2.38. The number of urea groups is 1. The Kier molecular flexibility index (Phi) is 6.22. The van der Waals surface area contributed by atoms with E-state index in [1.807, 2.05) is 48.4 Å². The first-order valence-electron chi connectivity index (χ1n) is 10.1. The van der Waals surface area contributed by atoms with E-state index < -0.39 is 5.51 Å². The topological polar surface area (TPSA) is 36.4 Å². The second-order valence-corrected chi connectivity index (χ2v) is 10.2. The third kappa shape index (κ3) is 5.10. The predicted molar refractivity (Wildman–Crippen MR) is 123 cm³/mol. The Labute approximate surface area is 193 Å². The van der Waals surface area contributed by atoms with Crippen LogP contribution in [0.3, 0.4) is 0 Å². The van der Waals surface area contributed by atoms with Gasteiger partial charge < -0.3 is 4.90 Å². The van der Waals surface area contributed by atoms with Gasteiger partial charge in [-0.1, -0.05) is 18.2 Å². The molecule has 9 heteroatoms. The first-order chi connectivity index (χ1) is 15.1. The van der Waals surface area contributed by atoms with Crippen molar-refractivity contribution in [2.45, 2.75) is 42.8 Å². The lowest BCUT2D eigenvalue weighted by Gasteiger charge is -2.47. The van der Waals surface area contributed by atoms with E-state index in [-0.39, 0.29) is 28.2 Å². The molecule has 1 fully saturated rings. The van der Waals surface area contributed by atoms with Crippen LogP contribution in [0.2, 0.25) is 0 Å². The number of halogens is 3. The molecular weight excluding hydrogens is 455 g/mol. The Balaban J connectivity index is 1.55. The zero-order valence-electron chi connectivity index (χ0n) is 17.6. The van der Waals surface area contributed by atoms with Gasteiger partial charge in [-0.15, -0.1) is 11.3 Å². The first-order valence-corrected chi connectivity index (χ1v) is 11.8. The fraction of sp³-hybridized carbons (Fsp3) is 0.304. The molecule has 3 aromatic rings. The van der Waals surface area contributed by atoms with Crippen LogP contribution in [0.1, 0.15) is 25.8 Å². The van der Waals surface area contributed by atoms with Gasteiger partial charge in [-0.05, 0) is 67.9 Å². The van der Waals surface area contributed by atoms with Crippen molar-refractivity contribution in [2.75, 3.05) is 11.4 Å². The molecule has 4 rings (SSSR count). The van der Waals surface area contributed by atoms with Gasteiger partial charge in [0.1, 0.15) is 5.01 Å². The number of carbonyl (C=O) groups excluding carboxylic acids is 1. The lowest BCUT2D eigenvalue weighted by atomic mass is 9.94. The molecule has 0 saturated carbocycles. The summed E-state index contributed by atoms with van der Waals surface area (Å²) >= 11 is 1.40. The van der Waals surface area contributed by atoms with Crippen LogP contribution in [0.4, 0.5) is 23.7 Å². The lowest BCUT2D eigenvalue weighted by Crippen LogP contribution is -2.59. The average molecular weight is 478 g/mol. The third-order valence-electron chi connectivity index (χ3n) is 5.47. The molecule has 0 spiro atoms. The average Bonchev–Trinajstić information content (AvgIpc) is 3.26. The SMILES string of the molecule is CC1(C)CCN(c2ccc(SC(F)(F)F)cc2)C(=O)N1Cc1cccc(-c2nccs2)c1. The van der Waals surface area contributed by atoms with Crippen molar-refractivity contribution in [3.05, 3.63) is 65.7 Å². The van der Waals surface area contributed by atoms with Crippen molar-refractivity contribution in [1.29, 1.82) is 0 Å². The standard InChI is InChI=1S/C23H22F3N3OS2/c1-22(2)10-12-28(18-6-8-19(9-7-18)32-23(24,25)26)21(30)29(22)15-16-4-3-5-17(14-16)20-27-11-13-31-20/h3-9,11,13-14H,10,12,15H2,1-2H3. The third-order valence-corrected chi connectivity index (χ3v) is 7.03. The zero-order valence-corrected chi connectivity index (χ0v) is 19.2. The van der Waals surface area contributed by atoms with E-state index in [1.54, 1.807) is 34.6 Å². The lowest BCUT2D eigenvalue weighted by molar-refractivity contribution is -0.0328. The minimum atomic E-state index is -4.34. The Morgan fingerprint density at radius 3 is 2.56 bits per heavy atom. The Bertz CT molecular complexity index is 1080. The van der Waals surface area contributed by atoms with E-state index >= 15 is 0 Å². The second-order valence-electron chi connectivity index (χ2n) is 8.16. The Morgan fingerprint density at radius 1 is 1.16 bits per heavy atom. The molecule has 2 heterocycles. The van der Waals surface area contributed by atoms with Crippen LogP contribution < -0.4 is 4.90 Å². The minimum absolute atomic E-state index is 0.0990. The molecule has 1 aliphatic heterocycles. The molecule has 0 aliphatic carbocycles. The number of thioether (sulfide) groups is 1. The van der Waals surface area contributed by atoms with Gasteiger partial charge in [0, 0.05) is 46.4 Å². The van der Waals surface area contributed by atoms with Gasteiger partial charge in [-0.2, -0.15) is 13.2 Å². The Hall–Kier alpha value is -2.52. The van der Waals surface area contributed by atoms with E-state index in [0.717, 1.165) is 22.6 Å². The smallest absolute Gasteiger partial charge is 0.315 e. The van der Waals surface area contributed by atoms with Crippen LogP contribution in [-0.4, -0.2) is 33.5 Å². The minimum Gasteiger partial charge on any atom is -0.315 e. The number of benzene rings is 2. The van der Waals surface area contributed by atoms with Crippen LogP contribution in [0.25, 0.3) is 10.6 Å². The van der Waals surface area contributed by atoms with Crippen molar-refractivity contribution in [2.24, 2.45) is 0 Å². The zero-order chi connectivity index (χ0) is 22.9. The number of hydrogen-bond acceptors (Lipinski definition) is 4. The van der Waals surface area contributed by atoms with Crippen LogP contribution >= 0.6 is 23.1 Å². The fourth-order valence-corrected chi connectivity index (χ4v) is 4.90. The normalized spacial score (nSPS) is 16.5. The van der Waals surface area contributed by atoms with E-state index in [0.29, 0.717) is 18.8 Å². The summed E-state index contributed by atoms with van der Waals surface area (Å²) in [5.41, 5.74) is -2.08. The van der Waals surface area contributed by atoms with E-state index in [1.165, 1.54) is 12.1 Å². The Morgan fingerprint density at radius 2 is 1.91 bits per heavy atom. The quantitative estimate of drug-likeness (QED) is 0.370. The van der Waals surface area contributed by atoms with Gasteiger partial charge in [-0.3, -0.25) is 4.90 Å². The summed E-state index contributed by atoms with van der Waals surface area (Å²) in [7, 11) is 0. The van der Waals surface area contributed by atoms with Crippen LogP contribution in [0.15, 0.2) is 65.0 Å². The number of anilines is 1. The summed E-state index contributed by atoms with van der Waals surface area (Å²) in [6.07, 6.45) is 2.50. The molecule has 1 saturated heterocycles. The highest BCUT2D eigenvalue weighted by atomic mass is 32.2. The summed E-state index contributed by atoms with van der Waals surface area (Å²) in [6, 6.07) is 13.8. The molecule has 0 bridgehead atoms. The molecule has 0 radical (unpaired) electrons. The second kappa shape index (κ2) is 8.78. The van der Waals surface area contributed by atoms with Gasteiger partial charge in [0.15, 0.2) is 0 Å². The first kappa shape index (κ1) is 22.7. The summed E-state index contributed by atoms with van der Waals surface area (Å²) in [6.45, 7) is 5.02. The van der Waals surface area contributed by atoms with Gasteiger partial charge in [0.2, 0.25) is 0 Å². The van der Waals surface area contributed by atoms with Crippen molar-refractivity contribution < 1.29 is 18.0 Å². The predicted octanol–water partition coefficient (Wildman–Crippen LogP) is 7.03. The van der Waals surface area contributed by atoms with Crippen LogP contribution in [0, 0.1) is 0 Å². The van der Waals surface area contributed by atoms with Gasteiger partial charge in [-0.25, -0.2) is 9.78 Å². The molecule has 0 atom stereocenters. The van der Waals surface area contributed by atoms with Crippen molar-refractivity contribution in [3.63, 3.8) is 0 Å². The number of aromatic nitrogens is 1. The molecule has 2 aromatic carbocycles. The monoisotopic (exact) mass is 477 g/mol. The van der Waals surface area contributed by atoms with Crippen molar-refractivity contribution in [3.8, 4) is 10.6 Å². The van der Waals surface area contributed by atoms with E-state index in [2.05, 4.69) is 4.98 Å². The molecule has 0 unspecified atom stereocenters. The molecule has 168 valence electrons. The number of rotatable bonds is 5. The highest BCUT2D eigenvalue weighted by Gasteiger charge is 2.39. The maximum atomic E-state index is 13.4. The highest BCUT2D eigenvalue weighted by molar-refractivity contribution is 8.00. The molecule has 2 amide bonds. The van der Waals surface area contributed by atoms with Crippen LogP contribution in [-0.2, 0) is 6.54 Å². The molecule has 32 heavy (non-hydrogen) atoms. The largest absolute Gasteiger partial charge is 0.446 e. The number of carbonyl (C=O) groups is 1. The molecule has 0 N–H and O–H groups in total. The van der Waals surface area contributed by atoms with E-state index in [9.17, 15) is 18.0 Å².